The summed E-state index contributed by atoms with van der Waals surface area (Å²) < 4.78 is 6.89. The standard InChI is InChI=1S/C17H19NO3/c1-4-10-18-16(9-8-15(12(2)19)17(18)20)13-6-5-7-14(11-13)21-3/h5-9,11H,4,10H2,1-3H3. The minimum Gasteiger partial charge on any atom is -0.497 e. The Balaban J connectivity index is 2.65. The topological polar surface area (TPSA) is 48.3 Å². The average molecular weight is 285 g/mol. The molecule has 4 heteroatoms. The van der Waals surface area contributed by atoms with Crippen LogP contribution in [-0.4, -0.2) is 17.5 Å². The molecule has 110 valence electrons. The molecule has 0 aliphatic rings. The molecule has 0 fully saturated rings. The molecule has 1 aromatic heterocycles. The van der Waals surface area contributed by atoms with E-state index in [9.17, 15) is 9.59 Å². The monoisotopic (exact) mass is 285 g/mol. The molecule has 0 aliphatic heterocycles. The second kappa shape index (κ2) is 6.39. The van der Waals surface area contributed by atoms with E-state index in [1.807, 2.05) is 37.3 Å². The maximum absolute atomic E-state index is 12.5. The van der Waals surface area contributed by atoms with Gasteiger partial charge in [-0.3, -0.25) is 9.59 Å². The van der Waals surface area contributed by atoms with Crippen LogP contribution in [0.25, 0.3) is 11.3 Å². The molecule has 1 heterocycles. The van der Waals surface area contributed by atoms with Crippen LogP contribution in [0.4, 0.5) is 0 Å². The molecular formula is C17H19NO3. The van der Waals surface area contributed by atoms with Crippen molar-refractivity contribution in [2.24, 2.45) is 0 Å². The molecule has 1 aromatic carbocycles. The van der Waals surface area contributed by atoms with Gasteiger partial charge in [0, 0.05) is 12.1 Å². The summed E-state index contributed by atoms with van der Waals surface area (Å²) in [5.74, 6) is 0.528. The van der Waals surface area contributed by atoms with Crippen molar-refractivity contribution in [2.45, 2.75) is 26.8 Å². The highest BCUT2D eigenvalue weighted by Gasteiger charge is 2.13. The lowest BCUT2D eigenvalue weighted by atomic mass is 10.1. The van der Waals surface area contributed by atoms with Crippen LogP contribution >= 0.6 is 0 Å². The van der Waals surface area contributed by atoms with Crippen molar-refractivity contribution >= 4 is 5.78 Å². The Kier molecular flexibility index (Phi) is 4.58. The summed E-state index contributed by atoms with van der Waals surface area (Å²) in [4.78, 5) is 24.0. The normalized spacial score (nSPS) is 10.4. The Morgan fingerprint density at radius 1 is 1.24 bits per heavy atom. The van der Waals surface area contributed by atoms with Crippen molar-refractivity contribution in [3.05, 3.63) is 52.3 Å². The molecule has 0 unspecified atom stereocenters. The summed E-state index contributed by atoms with van der Waals surface area (Å²) >= 11 is 0. The lowest BCUT2D eigenvalue weighted by Crippen LogP contribution is -2.26. The fraction of sp³-hybridized carbons (Fsp3) is 0.294. The molecule has 4 nitrogen and oxygen atoms in total. The Hall–Kier alpha value is -2.36. The predicted octanol–water partition coefficient (Wildman–Crippen LogP) is 3.14. The molecule has 0 bridgehead atoms. The number of nitrogens with zero attached hydrogens (tertiary/aromatic N) is 1. The number of hydrogen-bond donors (Lipinski definition) is 0. The van der Waals surface area contributed by atoms with Gasteiger partial charge in [0.25, 0.3) is 5.56 Å². The minimum atomic E-state index is -0.232. The number of rotatable bonds is 5. The molecule has 0 atom stereocenters. The molecule has 0 aliphatic carbocycles. The number of pyridine rings is 1. The van der Waals surface area contributed by atoms with E-state index in [1.54, 1.807) is 17.7 Å². The number of benzene rings is 1. The smallest absolute Gasteiger partial charge is 0.261 e. The van der Waals surface area contributed by atoms with Crippen LogP contribution in [0.3, 0.4) is 0 Å². The molecule has 0 saturated heterocycles. The van der Waals surface area contributed by atoms with Gasteiger partial charge in [-0.1, -0.05) is 19.1 Å². The Morgan fingerprint density at radius 3 is 2.62 bits per heavy atom. The first-order valence-corrected chi connectivity index (χ1v) is 6.97. The zero-order chi connectivity index (χ0) is 15.4. The van der Waals surface area contributed by atoms with E-state index in [1.165, 1.54) is 6.92 Å². The number of ether oxygens (including phenoxy) is 1. The van der Waals surface area contributed by atoms with Gasteiger partial charge in [0.05, 0.1) is 18.4 Å². The summed E-state index contributed by atoms with van der Waals surface area (Å²) in [6.45, 7) is 3.99. The summed E-state index contributed by atoms with van der Waals surface area (Å²) in [7, 11) is 1.61. The fourth-order valence-corrected chi connectivity index (χ4v) is 2.33. The fourth-order valence-electron chi connectivity index (χ4n) is 2.33. The molecule has 21 heavy (non-hydrogen) atoms. The van der Waals surface area contributed by atoms with E-state index in [4.69, 9.17) is 4.74 Å². The lowest BCUT2D eigenvalue weighted by Gasteiger charge is -2.14. The molecule has 0 radical (unpaired) electrons. The highest BCUT2D eigenvalue weighted by atomic mass is 16.5. The maximum Gasteiger partial charge on any atom is 0.261 e. The highest BCUT2D eigenvalue weighted by molar-refractivity contribution is 5.94. The van der Waals surface area contributed by atoms with Crippen LogP contribution in [-0.2, 0) is 6.54 Å². The maximum atomic E-state index is 12.5. The molecule has 0 amide bonds. The van der Waals surface area contributed by atoms with Crippen LogP contribution in [0.2, 0.25) is 0 Å². The number of aromatic nitrogens is 1. The summed E-state index contributed by atoms with van der Waals surface area (Å²) in [6.07, 6.45) is 0.818. The average Bonchev–Trinajstić information content (AvgIpc) is 2.49. The van der Waals surface area contributed by atoms with Crippen LogP contribution in [0.15, 0.2) is 41.2 Å². The van der Waals surface area contributed by atoms with Crippen LogP contribution < -0.4 is 10.3 Å². The highest BCUT2D eigenvalue weighted by Crippen LogP contribution is 2.23. The molecule has 2 aromatic rings. The number of ketones is 1. The Labute approximate surface area is 124 Å². The second-order valence-electron chi connectivity index (χ2n) is 4.88. The Morgan fingerprint density at radius 2 is 2.00 bits per heavy atom. The van der Waals surface area contributed by atoms with Gasteiger partial charge in [-0.25, -0.2) is 0 Å². The number of hydrogen-bond acceptors (Lipinski definition) is 3. The van der Waals surface area contributed by atoms with E-state index >= 15 is 0 Å². The molecule has 2 rings (SSSR count). The minimum absolute atomic E-state index is 0.206. The van der Waals surface area contributed by atoms with Gasteiger partial charge in [0.1, 0.15) is 5.75 Å². The van der Waals surface area contributed by atoms with Crippen molar-refractivity contribution in [3.8, 4) is 17.0 Å². The van der Waals surface area contributed by atoms with Crippen molar-refractivity contribution < 1.29 is 9.53 Å². The van der Waals surface area contributed by atoms with E-state index in [0.717, 1.165) is 23.4 Å². The molecule has 0 saturated carbocycles. The first-order valence-electron chi connectivity index (χ1n) is 6.97. The van der Waals surface area contributed by atoms with E-state index < -0.39 is 0 Å². The first-order chi connectivity index (χ1) is 10.1. The van der Waals surface area contributed by atoms with E-state index in [0.29, 0.717) is 6.54 Å². The van der Waals surface area contributed by atoms with Crippen LogP contribution in [0.5, 0.6) is 5.75 Å². The van der Waals surface area contributed by atoms with Crippen LogP contribution in [0, 0.1) is 0 Å². The van der Waals surface area contributed by atoms with Crippen molar-refractivity contribution in [1.29, 1.82) is 0 Å². The van der Waals surface area contributed by atoms with Crippen molar-refractivity contribution in [3.63, 3.8) is 0 Å². The zero-order valence-electron chi connectivity index (χ0n) is 12.6. The molecule has 0 N–H and O–H groups in total. The van der Waals surface area contributed by atoms with E-state index in [2.05, 4.69) is 0 Å². The third kappa shape index (κ3) is 3.05. The number of methoxy groups -OCH3 is 1. The number of Topliss-reactive ketones (excluding diaryl/α,β-unsaturated/α-hetero) is 1. The number of carbonyl (C=O) groups excluding carboxylic acids is 1. The van der Waals surface area contributed by atoms with Gasteiger partial charge in [0.2, 0.25) is 0 Å². The quantitative estimate of drug-likeness (QED) is 0.793. The largest absolute Gasteiger partial charge is 0.497 e. The third-order valence-electron chi connectivity index (χ3n) is 3.37. The first kappa shape index (κ1) is 15.0. The predicted molar refractivity (Wildman–Crippen MR) is 83.0 cm³/mol. The third-order valence-corrected chi connectivity index (χ3v) is 3.37. The van der Waals surface area contributed by atoms with Gasteiger partial charge in [-0.05, 0) is 37.6 Å². The molecular weight excluding hydrogens is 266 g/mol. The molecule has 0 spiro atoms. The van der Waals surface area contributed by atoms with Crippen molar-refractivity contribution in [2.75, 3.05) is 7.11 Å². The van der Waals surface area contributed by atoms with Crippen molar-refractivity contribution in [1.82, 2.24) is 4.57 Å². The summed E-state index contributed by atoms with van der Waals surface area (Å²) in [6, 6.07) is 11.0. The summed E-state index contributed by atoms with van der Waals surface area (Å²) in [5, 5.41) is 0. The van der Waals surface area contributed by atoms with Gasteiger partial charge < -0.3 is 9.30 Å². The summed E-state index contributed by atoms with van der Waals surface area (Å²) in [5.41, 5.74) is 1.69. The lowest BCUT2D eigenvalue weighted by molar-refractivity contribution is 0.101. The number of carbonyl (C=O) groups is 1. The van der Waals surface area contributed by atoms with Gasteiger partial charge >= 0.3 is 0 Å². The SMILES string of the molecule is CCCn1c(-c2cccc(OC)c2)ccc(C(C)=O)c1=O. The zero-order valence-corrected chi connectivity index (χ0v) is 12.6. The van der Waals surface area contributed by atoms with Crippen LogP contribution in [0.1, 0.15) is 30.6 Å². The van der Waals surface area contributed by atoms with Gasteiger partial charge in [-0.2, -0.15) is 0 Å². The van der Waals surface area contributed by atoms with Gasteiger partial charge in [-0.15, -0.1) is 0 Å². The second-order valence-corrected chi connectivity index (χ2v) is 4.88. The van der Waals surface area contributed by atoms with Gasteiger partial charge in [0.15, 0.2) is 5.78 Å². The Bertz CT molecular complexity index is 716. The van der Waals surface area contributed by atoms with E-state index in [-0.39, 0.29) is 16.9 Å².